The highest BCUT2D eigenvalue weighted by Gasteiger charge is 2.40. The summed E-state index contributed by atoms with van der Waals surface area (Å²) in [6.07, 6.45) is -2.70. The number of nitrogens with zero attached hydrogens (tertiary/aromatic N) is 3. The second-order valence-corrected chi connectivity index (χ2v) is 5.61. The lowest BCUT2D eigenvalue weighted by Crippen LogP contribution is -2.37. The summed E-state index contributed by atoms with van der Waals surface area (Å²) in [6.45, 7) is 2.00. The molecule has 0 saturated carbocycles. The lowest BCUT2D eigenvalue weighted by atomic mass is 9.99. The molecule has 3 heterocycles. The summed E-state index contributed by atoms with van der Waals surface area (Å²) in [5.74, 6) is -1.62. The van der Waals surface area contributed by atoms with Crippen LogP contribution in [0.1, 0.15) is 36.9 Å². The summed E-state index contributed by atoms with van der Waals surface area (Å²) >= 11 is 0. The highest BCUT2D eigenvalue weighted by atomic mass is 19.4. The molecule has 0 aromatic carbocycles. The summed E-state index contributed by atoms with van der Waals surface area (Å²) in [6, 6.07) is 0. The van der Waals surface area contributed by atoms with E-state index >= 15 is 0 Å². The van der Waals surface area contributed by atoms with E-state index in [0.717, 1.165) is 0 Å². The van der Waals surface area contributed by atoms with Gasteiger partial charge in [-0.2, -0.15) is 18.2 Å². The highest BCUT2D eigenvalue weighted by molar-refractivity contribution is 5.79. The quantitative estimate of drug-likeness (QED) is 0.832. The van der Waals surface area contributed by atoms with Crippen LogP contribution in [0.5, 0.6) is 0 Å². The topological polar surface area (TPSA) is 68.5 Å². The largest absolute Gasteiger partial charge is 0.471 e. The van der Waals surface area contributed by atoms with Crippen molar-refractivity contribution in [3.8, 4) is 0 Å². The number of hydrogen-bond donors (Lipinski definition) is 0. The molecule has 0 aliphatic carbocycles. The van der Waals surface area contributed by atoms with Crippen molar-refractivity contribution in [2.24, 2.45) is 5.92 Å². The first-order valence-electron chi connectivity index (χ1n) is 7.22. The molecule has 1 aromatic heterocycles. The van der Waals surface area contributed by atoms with Crippen LogP contribution in [0, 0.1) is 5.92 Å². The normalized spacial score (nSPS) is 24.0. The Hall–Kier alpha value is -1.64. The molecule has 2 saturated heterocycles. The van der Waals surface area contributed by atoms with Gasteiger partial charge in [-0.1, -0.05) is 5.16 Å². The van der Waals surface area contributed by atoms with Crippen LogP contribution >= 0.6 is 0 Å². The van der Waals surface area contributed by atoms with Crippen molar-refractivity contribution >= 4 is 5.91 Å². The minimum Gasteiger partial charge on any atom is -0.381 e. The van der Waals surface area contributed by atoms with Crippen LogP contribution in [0.25, 0.3) is 0 Å². The summed E-state index contributed by atoms with van der Waals surface area (Å²) < 4.78 is 46.9. The molecule has 122 valence electrons. The number of alkyl halides is 3. The van der Waals surface area contributed by atoms with Crippen molar-refractivity contribution in [3.05, 3.63) is 11.7 Å². The van der Waals surface area contributed by atoms with E-state index in [-0.39, 0.29) is 23.6 Å². The van der Waals surface area contributed by atoms with E-state index in [4.69, 9.17) is 4.74 Å². The molecule has 0 N–H and O–H groups in total. The van der Waals surface area contributed by atoms with Crippen LogP contribution in [-0.2, 0) is 15.7 Å². The molecule has 2 aliphatic rings. The first-order chi connectivity index (χ1) is 10.4. The molecule has 1 amide bonds. The van der Waals surface area contributed by atoms with Gasteiger partial charge in [-0.15, -0.1) is 0 Å². The van der Waals surface area contributed by atoms with Gasteiger partial charge in [-0.3, -0.25) is 4.79 Å². The van der Waals surface area contributed by atoms with E-state index in [1.54, 1.807) is 4.90 Å². The Kier molecular flexibility index (Phi) is 4.07. The van der Waals surface area contributed by atoms with Gasteiger partial charge in [0, 0.05) is 38.1 Å². The van der Waals surface area contributed by atoms with Crippen LogP contribution in [0.2, 0.25) is 0 Å². The maximum absolute atomic E-state index is 12.5. The van der Waals surface area contributed by atoms with Crippen LogP contribution in [0.15, 0.2) is 4.52 Å². The molecule has 9 heteroatoms. The Balaban J connectivity index is 1.62. The number of halogens is 3. The monoisotopic (exact) mass is 319 g/mol. The predicted octanol–water partition coefficient (Wildman–Crippen LogP) is 1.83. The molecule has 0 radical (unpaired) electrons. The zero-order valence-corrected chi connectivity index (χ0v) is 11.8. The summed E-state index contributed by atoms with van der Waals surface area (Å²) in [7, 11) is 0. The molecule has 1 atom stereocenters. The fourth-order valence-corrected chi connectivity index (χ4v) is 2.89. The lowest BCUT2D eigenvalue weighted by Gasteiger charge is -2.26. The second kappa shape index (κ2) is 5.86. The SMILES string of the molecule is O=C(C1CCOCC1)N1CCC(c2noc(C(F)(F)F)n2)C1. The van der Waals surface area contributed by atoms with E-state index in [0.29, 0.717) is 45.6 Å². The molecule has 0 bridgehead atoms. The van der Waals surface area contributed by atoms with Gasteiger partial charge < -0.3 is 14.2 Å². The van der Waals surface area contributed by atoms with Gasteiger partial charge in [0.05, 0.1) is 0 Å². The molecule has 1 aromatic rings. The maximum atomic E-state index is 12.5. The Morgan fingerprint density at radius 2 is 1.95 bits per heavy atom. The Morgan fingerprint density at radius 1 is 1.23 bits per heavy atom. The summed E-state index contributed by atoms with van der Waals surface area (Å²) in [5, 5.41) is 3.41. The predicted molar refractivity (Wildman–Crippen MR) is 66.8 cm³/mol. The van der Waals surface area contributed by atoms with E-state index in [9.17, 15) is 18.0 Å². The number of amides is 1. The van der Waals surface area contributed by atoms with Gasteiger partial charge >= 0.3 is 12.1 Å². The first-order valence-corrected chi connectivity index (χ1v) is 7.22. The fraction of sp³-hybridized carbons (Fsp3) is 0.769. The van der Waals surface area contributed by atoms with Crippen LogP contribution in [-0.4, -0.2) is 47.3 Å². The van der Waals surface area contributed by atoms with Crippen LogP contribution < -0.4 is 0 Å². The maximum Gasteiger partial charge on any atom is 0.471 e. The van der Waals surface area contributed by atoms with E-state index in [2.05, 4.69) is 14.7 Å². The highest BCUT2D eigenvalue weighted by Crippen LogP contribution is 2.32. The Bertz CT molecular complexity index is 540. The van der Waals surface area contributed by atoms with E-state index in [1.807, 2.05) is 0 Å². The zero-order valence-electron chi connectivity index (χ0n) is 11.8. The minimum atomic E-state index is -4.64. The van der Waals surface area contributed by atoms with Crippen LogP contribution in [0.3, 0.4) is 0 Å². The van der Waals surface area contributed by atoms with Crippen LogP contribution in [0.4, 0.5) is 13.2 Å². The average Bonchev–Trinajstić information content (AvgIpc) is 3.15. The van der Waals surface area contributed by atoms with Gasteiger partial charge in [0.15, 0.2) is 5.82 Å². The molecule has 2 fully saturated rings. The van der Waals surface area contributed by atoms with Crippen molar-refractivity contribution in [3.63, 3.8) is 0 Å². The molecular weight excluding hydrogens is 303 g/mol. The molecule has 0 spiro atoms. The number of ether oxygens (including phenoxy) is 1. The van der Waals surface area contributed by atoms with Gasteiger partial charge in [0.1, 0.15) is 0 Å². The standard InChI is InChI=1S/C13H16F3N3O3/c14-13(15,16)12-17-10(18-22-12)9-1-4-19(7-9)11(20)8-2-5-21-6-3-8/h8-9H,1-7H2. The molecule has 3 rings (SSSR count). The molecular formula is C13H16F3N3O3. The fourth-order valence-electron chi connectivity index (χ4n) is 2.89. The first kappa shape index (κ1) is 15.3. The number of aromatic nitrogens is 2. The second-order valence-electron chi connectivity index (χ2n) is 5.61. The molecule has 1 unspecified atom stereocenters. The molecule has 6 nitrogen and oxygen atoms in total. The smallest absolute Gasteiger partial charge is 0.381 e. The zero-order chi connectivity index (χ0) is 15.7. The van der Waals surface area contributed by atoms with Crippen molar-refractivity contribution in [1.29, 1.82) is 0 Å². The molecule has 22 heavy (non-hydrogen) atoms. The Labute approximate surface area is 124 Å². The Morgan fingerprint density at radius 3 is 2.59 bits per heavy atom. The summed E-state index contributed by atoms with van der Waals surface area (Å²) in [4.78, 5) is 17.5. The van der Waals surface area contributed by atoms with E-state index in [1.165, 1.54) is 0 Å². The number of carbonyl (C=O) groups excluding carboxylic acids is 1. The average molecular weight is 319 g/mol. The van der Waals surface area contributed by atoms with Gasteiger partial charge in [-0.05, 0) is 19.3 Å². The van der Waals surface area contributed by atoms with E-state index < -0.39 is 12.1 Å². The number of carbonyl (C=O) groups is 1. The van der Waals surface area contributed by atoms with Crippen molar-refractivity contribution in [2.75, 3.05) is 26.3 Å². The van der Waals surface area contributed by atoms with Gasteiger partial charge in [-0.25, -0.2) is 0 Å². The minimum absolute atomic E-state index is 0.0228. The molecule has 2 aliphatic heterocycles. The van der Waals surface area contributed by atoms with Crippen molar-refractivity contribution in [1.82, 2.24) is 15.0 Å². The summed E-state index contributed by atoms with van der Waals surface area (Å²) in [5.41, 5.74) is 0. The third kappa shape index (κ3) is 3.08. The van der Waals surface area contributed by atoms with Gasteiger partial charge in [0.2, 0.25) is 5.91 Å². The third-order valence-corrected chi connectivity index (χ3v) is 4.12. The van der Waals surface area contributed by atoms with Crippen molar-refractivity contribution in [2.45, 2.75) is 31.4 Å². The number of rotatable bonds is 2. The number of likely N-dealkylation sites (tertiary alicyclic amines) is 1. The lowest BCUT2D eigenvalue weighted by molar-refractivity contribution is -0.159. The third-order valence-electron chi connectivity index (χ3n) is 4.12. The van der Waals surface area contributed by atoms with Gasteiger partial charge in [0.25, 0.3) is 0 Å². The van der Waals surface area contributed by atoms with Crippen molar-refractivity contribution < 1.29 is 27.2 Å². The number of hydrogen-bond acceptors (Lipinski definition) is 5.